The highest BCUT2D eigenvalue weighted by Gasteiger charge is 2.08. The molecule has 2 rings (SSSR count). The quantitative estimate of drug-likeness (QED) is 0.833. The fraction of sp³-hybridized carbons (Fsp3) is 0.143. The molecule has 0 aliphatic heterocycles. The van der Waals surface area contributed by atoms with Crippen LogP contribution in [-0.2, 0) is 6.54 Å². The maximum absolute atomic E-state index is 11.6. The van der Waals surface area contributed by atoms with Crippen LogP contribution in [0, 0.1) is 0 Å². The number of amides is 1. The van der Waals surface area contributed by atoms with Crippen molar-refractivity contribution in [1.82, 2.24) is 4.57 Å². The number of anilines is 1. The third-order valence-corrected chi connectivity index (χ3v) is 2.75. The van der Waals surface area contributed by atoms with Crippen molar-refractivity contribution < 1.29 is 9.53 Å². The lowest BCUT2D eigenvalue weighted by atomic mass is 10.2. The summed E-state index contributed by atoms with van der Waals surface area (Å²) in [6.45, 7) is 0.560. The van der Waals surface area contributed by atoms with Crippen molar-refractivity contribution in [2.24, 2.45) is 5.73 Å². The SMILES string of the molecule is NC(=O)c1ccccc1OCCn1cc(N)ccc1=O. The number of nitrogens with zero attached hydrogens (tertiary/aromatic N) is 1. The highest BCUT2D eigenvalue weighted by molar-refractivity contribution is 5.95. The molecular weight excluding hydrogens is 258 g/mol. The van der Waals surface area contributed by atoms with E-state index in [1.807, 2.05) is 0 Å². The van der Waals surface area contributed by atoms with Crippen LogP contribution in [0.2, 0.25) is 0 Å². The Bertz CT molecular complexity index is 679. The number of para-hydroxylation sites is 1. The van der Waals surface area contributed by atoms with E-state index in [2.05, 4.69) is 0 Å². The topological polar surface area (TPSA) is 100 Å². The van der Waals surface area contributed by atoms with Gasteiger partial charge >= 0.3 is 0 Å². The van der Waals surface area contributed by atoms with Gasteiger partial charge in [0.05, 0.1) is 12.1 Å². The van der Waals surface area contributed by atoms with Crippen LogP contribution in [0.4, 0.5) is 5.69 Å². The third-order valence-electron chi connectivity index (χ3n) is 2.75. The van der Waals surface area contributed by atoms with Gasteiger partial charge in [-0.3, -0.25) is 9.59 Å². The number of nitrogens with two attached hydrogens (primary N) is 2. The predicted octanol–water partition coefficient (Wildman–Crippen LogP) is 0.608. The number of rotatable bonds is 5. The number of pyridine rings is 1. The number of carbonyl (C=O) groups is 1. The van der Waals surface area contributed by atoms with E-state index in [0.29, 0.717) is 23.5 Å². The Labute approximate surface area is 115 Å². The fourth-order valence-corrected chi connectivity index (χ4v) is 1.77. The normalized spacial score (nSPS) is 10.2. The molecule has 0 saturated carbocycles. The van der Waals surface area contributed by atoms with Gasteiger partial charge in [0.2, 0.25) is 0 Å². The average molecular weight is 273 g/mol. The summed E-state index contributed by atoms with van der Waals surface area (Å²) in [5.41, 5.74) is 11.5. The van der Waals surface area contributed by atoms with E-state index >= 15 is 0 Å². The number of hydrogen-bond donors (Lipinski definition) is 2. The molecule has 0 radical (unpaired) electrons. The molecule has 6 nitrogen and oxygen atoms in total. The Kier molecular flexibility index (Phi) is 4.05. The molecule has 0 spiro atoms. The summed E-state index contributed by atoms with van der Waals surface area (Å²) in [5, 5.41) is 0. The fourth-order valence-electron chi connectivity index (χ4n) is 1.77. The van der Waals surface area contributed by atoms with Gasteiger partial charge in [0.1, 0.15) is 12.4 Å². The van der Waals surface area contributed by atoms with Crippen LogP contribution in [0.15, 0.2) is 47.4 Å². The second-order valence-electron chi connectivity index (χ2n) is 4.20. The Balaban J connectivity index is 2.05. The Morgan fingerprint density at radius 2 is 1.95 bits per heavy atom. The van der Waals surface area contributed by atoms with Crippen LogP contribution in [-0.4, -0.2) is 17.1 Å². The molecule has 4 N–H and O–H groups in total. The van der Waals surface area contributed by atoms with E-state index in [1.165, 1.54) is 10.6 Å². The summed E-state index contributed by atoms with van der Waals surface area (Å²) in [7, 11) is 0. The number of primary amides is 1. The molecule has 2 aromatic rings. The van der Waals surface area contributed by atoms with Crippen LogP contribution >= 0.6 is 0 Å². The zero-order valence-electron chi connectivity index (χ0n) is 10.8. The molecular formula is C14H15N3O3. The van der Waals surface area contributed by atoms with Gasteiger partial charge in [-0.1, -0.05) is 12.1 Å². The smallest absolute Gasteiger partial charge is 0.252 e. The zero-order chi connectivity index (χ0) is 14.5. The maximum Gasteiger partial charge on any atom is 0.252 e. The molecule has 1 heterocycles. The van der Waals surface area contributed by atoms with Crippen LogP contribution in [0.25, 0.3) is 0 Å². The molecule has 1 aromatic heterocycles. The molecule has 0 bridgehead atoms. The number of hydrogen-bond acceptors (Lipinski definition) is 4. The highest BCUT2D eigenvalue weighted by Crippen LogP contribution is 2.16. The van der Waals surface area contributed by atoms with Crippen molar-refractivity contribution in [3.05, 3.63) is 58.5 Å². The Morgan fingerprint density at radius 1 is 1.20 bits per heavy atom. The van der Waals surface area contributed by atoms with Crippen LogP contribution < -0.4 is 21.8 Å². The lowest BCUT2D eigenvalue weighted by molar-refractivity contribution is 0.0996. The first-order valence-corrected chi connectivity index (χ1v) is 6.05. The molecule has 1 aromatic carbocycles. The second kappa shape index (κ2) is 5.92. The van der Waals surface area contributed by atoms with Crippen molar-refractivity contribution in [1.29, 1.82) is 0 Å². The van der Waals surface area contributed by atoms with Crippen molar-refractivity contribution >= 4 is 11.6 Å². The maximum atomic E-state index is 11.6. The molecule has 20 heavy (non-hydrogen) atoms. The molecule has 6 heteroatoms. The first-order chi connectivity index (χ1) is 9.58. The van der Waals surface area contributed by atoms with Crippen LogP contribution in [0.5, 0.6) is 5.75 Å². The first-order valence-electron chi connectivity index (χ1n) is 6.05. The van der Waals surface area contributed by atoms with Gasteiger partial charge in [-0.25, -0.2) is 0 Å². The van der Waals surface area contributed by atoms with E-state index in [-0.39, 0.29) is 12.2 Å². The van der Waals surface area contributed by atoms with Gasteiger partial charge < -0.3 is 20.8 Å². The van der Waals surface area contributed by atoms with Gasteiger partial charge in [0.15, 0.2) is 0 Å². The van der Waals surface area contributed by atoms with E-state index in [1.54, 1.807) is 36.5 Å². The van der Waals surface area contributed by atoms with Gasteiger partial charge in [-0.15, -0.1) is 0 Å². The second-order valence-corrected chi connectivity index (χ2v) is 4.20. The summed E-state index contributed by atoms with van der Waals surface area (Å²) < 4.78 is 6.94. The van der Waals surface area contributed by atoms with Crippen molar-refractivity contribution in [2.75, 3.05) is 12.3 Å². The third kappa shape index (κ3) is 3.17. The Morgan fingerprint density at radius 3 is 2.70 bits per heavy atom. The van der Waals surface area contributed by atoms with Gasteiger partial charge in [0.25, 0.3) is 11.5 Å². The summed E-state index contributed by atoms with van der Waals surface area (Å²) in [6.07, 6.45) is 1.55. The first kappa shape index (κ1) is 13.7. The largest absolute Gasteiger partial charge is 0.491 e. The van der Waals surface area contributed by atoms with Crippen molar-refractivity contribution in [3.8, 4) is 5.75 Å². The molecule has 104 valence electrons. The predicted molar refractivity (Wildman–Crippen MR) is 75.6 cm³/mol. The summed E-state index contributed by atoms with van der Waals surface area (Å²) >= 11 is 0. The minimum absolute atomic E-state index is 0.161. The molecule has 0 saturated heterocycles. The van der Waals surface area contributed by atoms with E-state index in [9.17, 15) is 9.59 Å². The van der Waals surface area contributed by atoms with Crippen molar-refractivity contribution in [3.63, 3.8) is 0 Å². The van der Waals surface area contributed by atoms with Gasteiger partial charge in [-0.2, -0.15) is 0 Å². The lowest BCUT2D eigenvalue weighted by Gasteiger charge is -2.10. The Hall–Kier alpha value is -2.76. The monoisotopic (exact) mass is 273 g/mol. The number of benzene rings is 1. The van der Waals surface area contributed by atoms with Crippen LogP contribution in [0.1, 0.15) is 10.4 Å². The molecule has 0 aliphatic carbocycles. The number of ether oxygens (including phenoxy) is 1. The zero-order valence-corrected chi connectivity index (χ0v) is 10.8. The highest BCUT2D eigenvalue weighted by atomic mass is 16.5. The molecule has 0 fully saturated rings. The molecule has 1 amide bonds. The summed E-state index contributed by atoms with van der Waals surface area (Å²) in [6, 6.07) is 9.63. The number of nitrogen functional groups attached to an aromatic ring is 1. The number of carbonyl (C=O) groups excluding carboxylic acids is 1. The van der Waals surface area contributed by atoms with E-state index in [0.717, 1.165) is 0 Å². The van der Waals surface area contributed by atoms with Crippen LogP contribution in [0.3, 0.4) is 0 Å². The average Bonchev–Trinajstić information content (AvgIpc) is 2.43. The van der Waals surface area contributed by atoms with Gasteiger partial charge in [0, 0.05) is 18.0 Å². The van der Waals surface area contributed by atoms with E-state index < -0.39 is 5.91 Å². The summed E-state index contributed by atoms with van der Waals surface area (Å²) in [4.78, 5) is 22.8. The molecule has 0 unspecified atom stereocenters. The minimum atomic E-state index is -0.554. The lowest BCUT2D eigenvalue weighted by Crippen LogP contribution is -2.22. The summed E-state index contributed by atoms with van der Waals surface area (Å²) in [5.74, 6) is -0.154. The molecule has 0 aliphatic rings. The van der Waals surface area contributed by atoms with E-state index in [4.69, 9.17) is 16.2 Å². The standard InChI is InChI=1S/C14H15N3O3/c15-10-5-6-13(18)17(9-10)7-8-20-12-4-2-1-3-11(12)14(16)19/h1-6,9H,7-8,15H2,(H2,16,19). The van der Waals surface area contributed by atoms with Crippen molar-refractivity contribution in [2.45, 2.75) is 6.54 Å². The molecule has 0 atom stereocenters. The number of aromatic nitrogens is 1. The van der Waals surface area contributed by atoms with Gasteiger partial charge in [-0.05, 0) is 18.2 Å². The minimum Gasteiger partial charge on any atom is -0.491 e.